The molecule has 0 aliphatic carbocycles. The van der Waals surface area contributed by atoms with E-state index in [9.17, 15) is 0 Å². The first kappa shape index (κ1) is 16.9. The lowest BCUT2D eigenvalue weighted by Crippen LogP contribution is -2.45. The molecule has 2 nitrogen and oxygen atoms in total. The van der Waals surface area contributed by atoms with Crippen LogP contribution in [0.3, 0.4) is 0 Å². The molecular formula is C15H34N2. The van der Waals surface area contributed by atoms with E-state index in [-0.39, 0.29) is 0 Å². The molecule has 0 heterocycles. The standard InChI is InChI=1S/C15H34N2/c1-12(2)11-16(13(3)4)9-10-17(14(5)6)15(7)8/h12-15H,9-11H2,1-8H3. The third-order valence-electron chi connectivity index (χ3n) is 3.30. The Hall–Kier alpha value is -0.0800. The molecule has 0 amide bonds. The van der Waals surface area contributed by atoms with E-state index in [0.29, 0.717) is 18.1 Å². The maximum Gasteiger partial charge on any atom is 0.0115 e. The van der Waals surface area contributed by atoms with Crippen LogP contribution in [0.2, 0.25) is 0 Å². The maximum atomic E-state index is 2.60. The minimum atomic E-state index is 0.642. The molecule has 0 aromatic rings. The lowest BCUT2D eigenvalue weighted by Gasteiger charge is -2.35. The normalized spacial score (nSPS) is 13.1. The van der Waals surface area contributed by atoms with E-state index in [0.717, 1.165) is 5.92 Å². The monoisotopic (exact) mass is 242 g/mol. The quantitative estimate of drug-likeness (QED) is 0.643. The van der Waals surface area contributed by atoms with Crippen LogP contribution in [-0.2, 0) is 0 Å². The second-order valence-corrected chi connectivity index (χ2v) is 6.41. The largest absolute Gasteiger partial charge is 0.299 e. The van der Waals surface area contributed by atoms with Gasteiger partial charge in [-0.25, -0.2) is 0 Å². The summed E-state index contributed by atoms with van der Waals surface area (Å²) in [5.41, 5.74) is 0. The summed E-state index contributed by atoms with van der Waals surface area (Å²) < 4.78 is 0. The highest BCUT2D eigenvalue weighted by atomic mass is 15.2. The molecule has 0 aromatic carbocycles. The van der Waals surface area contributed by atoms with Crippen molar-refractivity contribution in [1.29, 1.82) is 0 Å². The van der Waals surface area contributed by atoms with Crippen molar-refractivity contribution in [2.75, 3.05) is 19.6 Å². The Morgan fingerprint density at radius 2 is 1.12 bits per heavy atom. The molecule has 0 fully saturated rings. The first-order valence-corrected chi connectivity index (χ1v) is 7.25. The smallest absolute Gasteiger partial charge is 0.0115 e. The van der Waals surface area contributed by atoms with E-state index in [1.165, 1.54) is 19.6 Å². The predicted molar refractivity (Wildman–Crippen MR) is 78.5 cm³/mol. The Morgan fingerprint density at radius 3 is 1.41 bits per heavy atom. The maximum absolute atomic E-state index is 2.60. The van der Waals surface area contributed by atoms with Crippen LogP contribution < -0.4 is 0 Å². The van der Waals surface area contributed by atoms with Crippen LogP contribution in [0.1, 0.15) is 55.4 Å². The first-order chi connectivity index (χ1) is 7.75. The van der Waals surface area contributed by atoms with Crippen molar-refractivity contribution >= 4 is 0 Å². The minimum absolute atomic E-state index is 0.642. The zero-order chi connectivity index (χ0) is 13.6. The molecule has 0 spiro atoms. The third-order valence-corrected chi connectivity index (χ3v) is 3.30. The van der Waals surface area contributed by atoms with E-state index in [2.05, 4.69) is 65.2 Å². The number of hydrogen-bond acceptors (Lipinski definition) is 2. The van der Waals surface area contributed by atoms with Crippen LogP contribution >= 0.6 is 0 Å². The van der Waals surface area contributed by atoms with Crippen LogP contribution in [0.25, 0.3) is 0 Å². The molecular weight excluding hydrogens is 208 g/mol. The van der Waals surface area contributed by atoms with Gasteiger partial charge in [0.2, 0.25) is 0 Å². The fourth-order valence-corrected chi connectivity index (χ4v) is 2.39. The van der Waals surface area contributed by atoms with Crippen LogP contribution in [0, 0.1) is 5.92 Å². The summed E-state index contributed by atoms with van der Waals surface area (Å²) in [6.07, 6.45) is 0. The fourth-order valence-electron chi connectivity index (χ4n) is 2.39. The molecule has 0 saturated heterocycles. The van der Waals surface area contributed by atoms with Crippen LogP contribution in [-0.4, -0.2) is 47.6 Å². The van der Waals surface area contributed by atoms with Gasteiger partial charge in [-0.05, 0) is 47.5 Å². The Bertz CT molecular complexity index is 177. The molecule has 0 aromatic heterocycles. The molecule has 0 aliphatic heterocycles. The van der Waals surface area contributed by atoms with Crippen LogP contribution in [0.15, 0.2) is 0 Å². The van der Waals surface area contributed by atoms with Gasteiger partial charge in [-0.1, -0.05) is 13.8 Å². The van der Waals surface area contributed by atoms with Crippen molar-refractivity contribution in [3.8, 4) is 0 Å². The van der Waals surface area contributed by atoms with Gasteiger partial charge in [0.05, 0.1) is 0 Å². The van der Waals surface area contributed by atoms with E-state index in [4.69, 9.17) is 0 Å². The summed E-state index contributed by atoms with van der Waals surface area (Å²) in [7, 11) is 0. The molecule has 0 saturated carbocycles. The molecule has 0 rings (SSSR count). The van der Waals surface area contributed by atoms with Gasteiger partial charge in [0, 0.05) is 37.8 Å². The summed E-state index contributed by atoms with van der Waals surface area (Å²) in [5.74, 6) is 0.754. The number of rotatable bonds is 8. The summed E-state index contributed by atoms with van der Waals surface area (Å²) >= 11 is 0. The van der Waals surface area contributed by atoms with Crippen LogP contribution in [0.4, 0.5) is 0 Å². The van der Waals surface area contributed by atoms with Crippen LogP contribution in [0.5, 0.6) is 0 Å². The van der Waals surface area contributed by atoms with Gasteiger partial charge in [-0.3, -0.25) is 9.80 Å². The predicted octanol–water partition coefficient (Wildman–Crippen LogP) is 3.47. The summed E-state index contributed by atoms with van der Waals surface area (Å²) in [5, 5.41) is 0. The zero-order valence-electron chi connectivity index (χ0n) is 13.3. The van der Waals surface area contributed by atoms with E-state index in [1.807, 2.05) is 0 Å². The molecule has 104 valence electrons. The summed E-state index contributed by atoms with van der Waals surface area (Å²) in [4.78, 5) is 5.18. The molecule has 0 N–H and O–H groups in total. The van der Waals surface area contributed by atoms with Gasteiger partial charge < -0.3 is 0 Å². The highest BCUT2D eigenvalue weighted by Crippen LogP contribution is 2.08. The molecule has 0 unspecified atom stereocenters. The Kier molecular flexibility index (Phi) is 8.06. The van der Waals surface area contributed by atoms with E-state index in [1.54, 1.807) is 0 Å². The Balaban J connectivity index is 4.27. The van der Waals surface area contributed by atoms with Gasteiger partial charge in [0.1, 0.15) is 0 Å². The highest BCUT2D eigenvalue weighted by molar-refractivity contribution is 4.72. The molecule has 0 atom stereocenters. The average molecular weight is 242 g/mol. The van der Waals surface area contributed by atoms with Crippen molar-refractivity contribution in [3.05, 3.63) is 0 Å². The number of nitrogens with zero attached hydrogens (tertiary/aromatic N) is 2. The highest BCUT2D eigenvalue weighted by Gasteiger charge is 2.16. The molecule has 0 radical (unpaired) electrons. The van der Waals surface area contributed by atoms with Crippen molar-refractivity contribution in [3.63, 3.8) is 0 Å². The zero-order valence-corrected chi connectivity index (χ0v) is 13.3. The number of hydrogen-bond donors (Lipinski definition) is 0. The van der Waals surface area contributed by atoms with E-state index < -0.39 is 0 Å². The van der Waals surface area contributed by atoms with Gasteiger partial charge in [-0.15, -0.1) is 0 Å². The molecule has 2 heteroatoms. The van der Waals surface area contributed by atoms with Crippen molar-refractivity contribution in [2.45, 2.75) is 73.5 Å². The van der Waals surface area contributed by atoms with Gasteiger partial charge in [0.25, 0.3) is 0 Å². The topological polar surface area (TPSA) is 6.48 Å². The van der Waals surface area contributed by atoms with E-state index >= 15 is 0 Å². The lowest BCUT2D eigenvalue weighted by molar-refractivity contribution is 0.122. The molecule has 17 heavy (non-hydrogen) atoms. The average Bonchev–Trinajstić information content (AvgIpc) is 2.14. The van der Waals surface area contributed by atoms with Gasteiger partial charge in [0.15, 0.2) is 0 Å². The lowest BCUT2D eigenvalue weighted by atomic mass is 10.1. The van der Waals surface area contributed by atoms with Crippen molar-refractivity contribution in [2.24, 2.45) is 5.92 Å². The summed E-state index contributed by atoms with van der Waals surface area (Å²) in [6, 6.07) is 1.93. The second-order valence-electron chi connectivity index (χ2n) is 6.41. The van der Waals surface area contributed by atoms with Crippen molar-refractivity contribution in [1.82, 2.24) is 9.80 Å². The Morgan fingerprint density at radius 1 is 0.647 bits per heavy atom. The minimum Gasteiger partial charge on any atom is -0.299 e. The first-order valence-electron chi connectivity index (χ1n) is 7.25. The SMILES string of the molecule is CC(C)CN(CCN(C(C)C)C(C)C)C(C)C. The summed E-state index contributed by atoms with van der Waals surface area (Å²) in [6.45, 7) is 22.0. The molecule has 0 aliphatic rings. The van der Waals surface area contributed by atoms with Gasteiger partial charge in [-0.2, -0.15) is 0 Å². The Labute approximate surface area is 109 Å². The molecule has 0 bridgehead atoms. The van der Waals surface area contributed by atoms with Crippen molar-refractivity contribution < 1.29 is 0 Å². The third kappa shape index (κ3) is 7.05. The fraction of sp³-hybridized carbons (Fsp3) is 1.00. The van der Waals surface area contributed by atoms with Gasteiger partial charge >= 0.3 is 0 Å². The second kappa shape index (κ2) is 8.10.